The first-order valence-electron chi connectivity index (χ1n) is 7.03. The quantitative estimate of drug-likeness (QED) is 0.871. The fourth-order valence-corrected chi connectivity index (χ4v) is 2.67. The lowest BCUT2D eigenvalue weighted by Gasteiger charge is -2.36. The molecule has 0 amide bonds. The molecule has 1 saturated heterocycles. The van der Waals surface area contributed by atoms with E-state index in [1.165, 1.54) is 6.07 Å². The number of carboxylic acids is 1. The van der Waals surface area contributed by atoms with Crippen molar-refractivity contribution >= 4 is 5.97 Å². The molecule has 0 bridgehead atoms. The molecule has 0 saturated carbocycles. The van der Waals surface area contributed by atoms with E-state index in [1.807, 2.05) is 6.92 Å². The van der Waals surface area contributed by atoms with E-state index in [0.29, 0.717) is 5.56 Å². The third-order valence-electron chi connectivity index (χ3n) is 3.90. The van der Waals surface area contributed by atoms with Crippen molar-refractivity contribution in [1.82, 2.24) is 4.90 Å². The standard InChI is InChI=1S/C15H20FNO4/c1-10(13-3-2-11(18)8-14(13)16)17-6-4-12(5-7-17)21-9-15(19)20/h2-3,8,10,12,18H,4-7,9H2,1H3,(H,19,20). The molecule has 1 aromatic rings. The molecule has 21 heavy (non-hydrogen) atoms. The number of phenolic OH excluding ortho intramolecular Hbond substituents is 1. The molecule has 1 heterocycles. The summed E-state index contributed by atoms with van der Waals surface area (Å²) < 4.78 is 19.1. The Balaban J connectivity index is 1.90. The lowest BCUT2D eigenvalue weighted by Crippen LogP contribution is -2.39. The van der Waals surface area contributed by atoms with E-state index in [0.717, 1.165) is 32.0 Å². The first-order chi connectivity index (χ1) is 9.97. The molecular weight excluding hydrogens is 277 g/mol. The van der Waals surface area contributed by atoms with Crippen molar-refractivity contribution in [3.05, 3.63) is 29.6 Å². The number of nitrogens with zero attached hydrogens (tertiary/aromatic N) is 1. The van der Waals surface area contributed by atoms with Gasteiger partial charge in [0.05, 0.1) is 6.10 Å². The fraction of sp³-hybridized carbons (Fsp3) is 0.533. The molecule has 0 radical (unpaired) electrons. The predicted molar refractivity (Wildman–Crippen MR) is 74.7 cm³/mol. The summed E-state index contributed by atoms with van der Waals surface area (Å²) >= 11 is 0. The highest BCUT2D eigenvalue weighted by Gasteiger charge is 2.25. The van der Waals surface area contributed by atoms with Crippen LogP contribution in [0.25, 0.3) is 0 Å². The molecule has 0 aliphatic carbocycles. The first kappa shape index (κ1) is 15.7. The number of carboxylic acid groups (broad SMARTS) is 1. The summed E-state index contributed by atoms with van der Waals surface area (Å²) in [6.07, 6.45) is 1.42. The molecular formula is C15H20FNO4. The minimum atomic E-state index is -0.961. The van der Waals surface area contributed by atoms with Crippen LogP contribution in [0.4, 0.5) is 4.39 Å². The second-order valence-corrected chi connectivity index (χ2v) is 5.32. The fourth-order valence-electron chi connectivity index (χ4n) is 2.67. The summed E-state index contributed by atoms with van der Waals surface area (Å²) in [6.45, 7) is 3.11. The van der Waals surface area contributed by atoms with Crippen LogP contribution in [0.3, 0.4) is 0 Å². The van der Waals surface area contributed by atoms with Gasteiger partial charge in [-0.25, -0.2) is 9.18 Å². The number of benzene rings is 1. The lowest BCUT2D eigenvalue weighted by atomic mass is 10.0. The number of ether oxygens (including phenoxy) is 1. The summed E-state index contributed by atoms with van der Waals surface area (Å²) in [6, 6.07) is 4.11. The molecule has 1 fully saturated rings. The molecule has 0 aromatic heterocycles. The molecule has 2 N–H and O–H groups in total. The molecule has 1 unspecified atom stereocenters. The van der Waals surface area contributed by atoms with Crippen LogP contribution in [-0.2, 0) is 9.53 Å². The van der Waals surface area contributed by atoms with Crippen LogP contribution >= 0.6 is 0 Å². The second kappa shape index (κ2) is 6.87. The monoisotopic (exact) mass is 297 g/mol. The van der Waals surface area contributed by atoms with Gasteiger partial charge in [0.15, 0.2) is 0 Å². The van der Waals surface area contributed by atoms with Gasteiger partial charge in [0.25, 0.3) is 0 Å². The van der Waals surface area contributed by atoms with Gasteiger partial charge in [-0.15, -0.1) is 0 Å². The molecule has 1 atom stereocenters. The number of aromatic hydroxyl groups is 1. The molecule has 5 nitrogen and oxygen atoms in total. The molecule has 0 spiro atoms. The van der Waals surface area contributed by atoms with E-state index in [-0.39, 0.29) is 24.5 Å². The summed E-state index contributed by atoms with van der Waals surface area (Å²) in [7, 11) is 0. The van der Waals surface area contributed by atoms with Crippen molar-refractivity contribution in [2.45, 2.75) is 31.9 Å². The van der Waals surface area contributed by atoms with E-state index in [2.05, 4.69) is 4.90 Å². The number of hydrogen-bond donors (Lipinski definition) is 2. The van der Waals surface area contributed by atoms with Gasteiger partial charge in [-0.2, -0.15) is 0 Å². The van der Waals surface area contributed by atoms with E-state index in [1.54, 1.807) is 6.07 Å². The van der Waals surface area contributed by atoms with E-state index >= 15 is 0 Å². The number of carbonyl (C=O) groups is 1. The van der Waals surface area contributed by atoms with Crippen LogP contribution in [-0.4, -0.2) is 46.9 Å². The SMILES string of the molecule is CC(c1ccc(O)cc1F)N1CCC(OCC(=O)O)CC1. The van der Waals surface area contributed by atoms with Crippen LogP contribution in [0.5, 0.6) is 5.75 Å². The first-order valence-corrected chi connectivity index (χ1v) is 7.03. The molecule has 1 aliphatic heterocycles. The molecule has 1 aliphatic rings. The van der Waals surface area contributed by atoms with Gasteiger partial charge < -0.3 is 14.9 Å². The average molecular weight is 297 g/mol. The summed E-state index contributed by atoms with van der Waals surface area (Å²) in [4.78, 5) is 12.6. The van der Waals surface area contributed by atoms with Gasteiger partial charge in [-0.05, 0) is 25.8 Å². The number of phenols is 1. The summed E-state index contributed by atoms with van der Waals surface area (Å²) in [5, 5.41) is 17.8. The highest BCUT2D eigenvalue weighted by atomic mass is 19.1. The van der Waals surface area contributed by atoms with Crippen molar-refractivity contribution in [3.63, 3.8) is 0 Å². The molecule has 2 rings (SSSR count). The maximum atomic E-state index is 13.9. The zero-order chi connectivity index (χ0) is 15.4. The van der Waals surface area contributed by atoms with Crippen LogP contribution < -0.4 is 0 Å². The highest BCUT2D eigenvalue weighted by Crippen LogP contribution is 2.28. The van der Waals surface area contributed by atoms with Gasteiger partial charge in [0, 0.05) is 30.8 Å². The second-order valence-electron chi connectivity index (χ2n) is 5.32. The Hall–Kier alpha value is -1.66. The zero-order valence-electron chi connectivity index (χ0n) is 12.0. The average Bonchev–Trinajstić information content (AvgIpc) is 2.45. The Kier molecular flexibility index (Phi) is 5.14. The normalized spacial score (nSPS) is 18.6. The smallest absolute Gasteiger partial charge is 0.329 e. The summed E-state index contributed by atoms with van der Waals surface area (Å²) in [5.74, 6) is -1.45. The summed E-state index contributed by atoms with van der Waals surface area (Å²) in [5.41, 5.74) is 0.553. The number of halogens is 1. The Bertz CT molecular complexity index is 500. The van der Waals surface area contributed by atoms with Crippen molar-refractivity contribution in [2.24, 2.45) is 0 Å². The van der Waals surface area contributed by atoms with Crippen molar-refractivity contribution in [1.29, 1.82) is 0 Å². The van der Waals surface area contributed by atoms with E-state index in [4.69, 9.17) is 9.84 Å². The van der Waals surface area contributed by atoms with Gasteiger partial charge >= 0.3 is 5.97 Å². The van der Waals surface area contributed by atoms with Crippen molar-refractivity contribution in [2.75, 3.05) is 19.7 Å². The Morgan fingerprint density at radius 1 is 1.48 bits per heavy atom. The maximum Gasteiger partial charge on any atom is 0.329 e. The minimum Gasteiger partial charge on any atom is -0.508 e. The van der Waals surface area contributed by atoms with Gasteiger partial charge in [0.2, 0.25) is 0 Å². The van der Waals surface area contributed by atoms with Crippen LogP contribution in [0, 0.1) is 5.82 Å². The molecule has 1 aromatic carbocycles. The van der Waals surface area contributed by atoms with Gasteiger partial charge in [-0.1, -0.05) is 6.07 Å². The largest absolute Gasteiger partial charge is 0.508 e. The van der Waals surface area contributed by atoms with Gasteiger partial charge in [0.1, 0.15) is 18.2 Å². The molecule has 116 valence electrons. The highest BCUT2D eigenvalue weighted by molar-refractivity contribution is 5.68. The Morgan fingerprint density at radius 2 is 2.14 bits per heavy atom. The number of aliphatic carboxylic acids is 1. The minimum absolute atomic E-state index is 0.0470. The van der Waals surface area contributed by atoms with Gasteiger partial charge in [-0.3, -0.25) is 4.90 Å². The predicted octanol–water partition coefficient (Wildman–Crippen LogP) is 2.16. The number of hydrogen-bond acceptors (Lipinski definition) is 4. The topological polar surface area (TPSA) is 70.0 Å². The Labute approximate surface area is 122 Å². The number of piperidine rings is 1. The third kappa shape index (κ3) is 4.15. The van der Waals surface area contributed by atoms with Crippen LogP contribution in [0.1, 0.15) is 31.4 Å². The van der Waals surface area contributed by atoms with Crippen LogP contribution in [0.15, 0.2) is 18.2 Å². The lowest BCUT2D eigenvalue weighted by molar-refractivity contribution is -0.145. The maximum absolute atomic E-state index is 13.9. The van der Waals surface area contributed by atoms with Crippen molar-refractivity contribution in [3.8, 4) is 5.75 Å². The van der Waals surface area contributed by atoms with E-state index in [9.17, 15) is 14.3 Å². The van der Waals surface area contributed by atoms with Crippen molar-refractivity contribution < 1.29 is 24.1 Å². The zero-order valence-corrected chi connectivity index (χ0v) is 12.0. The van der Waals surface area contributed by atoms with Crippen LogP contribution in [0.2, 0.25) is 0 Å². The molecule has 6 heteroatoms. The number of rotatable bonds is 5. The number of likely N-dealkylation sites (tertiary alicyclic amines) is 1. The van der Waals surface area contributed by atoms with E-state index < -0.39 is 11.8 Å². The third-order valence-corrected chi connectivity index (χ3v) is 3.90. The Morgan fingerprint density at radius 3 is 2.71 bits per heavy atom.